The van der Waals surface area contributed by atoms with Gasteiger partial charge in [0.15, 0.2) is 5.52 Å². The van der Waals surface area contributed by atoms with Gasteiger partial charge in [-0.1, -0.05) is 12.1 Å². The fourth-order valence-electron chi connectivity index (χ4n) is 2.37. The van der Waals surface area contributed by atoms with Crippen LogP contribution in [0.15, 0.2) is 36.4 Å². The third kappa shape index (κ3) is 5.76. The number of hydrogen-bond donors (Lipinski definition) is 0. The monoisotopic (exact) mass is 369 g/mol. The minimum atomic E-state index is -0.0270. The molecule has 7 heteroatoms. The molecule has 0 amide bonds. The summed E-state index contributed by atoms with van der Waals surface area (Å²) >= 11 is 0. The first kappa shape index (κ1) is 22.5. The maximum absolute atomic E-state index is 12.8. The Labute approximate surface area is 168 Å². The van der Waals surface area contributed by atoms with Crippen LogP contribution in [0.1, 0.15) is 15.9 Å². The van der Waals surface area contributed by atoms with E-state index in [9.17, 15) is 4.79 Å². The van der Waals surface area contributed by atoms with Crippen LogP contribution in [0.25, 0.3) is 0 Å². The first-order chi connectivity index (χ1) is 12.1. The average Bonchev–Trinajstić information content (AvgIpc) is 2.63. The Morgan fingerprint density at radius 1 is 1.00 bits per heavy atom. The Hall–Kier alpha value is -1.50. The van der Waals surface area contributed by atoms with Gasteiger partial charge in [-0.2, -0.15) is 0 Å². The molecule has 1 atom stereocenters. The number of carbonyl (C=O) groups is 1. The normalized spacial score (nSPS) is 10.5. The molecule has 0 aliphatic rings. The summed E-state index contributed by atoms with van der Waals surface area (Å²) in [6.07, 6.45) is 0. The summed E-state index contributed by atoms with van der Waals surface area (Å²) in [6.45, 7) is 3.00. The smallest absolute Gasteiger partial charge is 0.193 e. The number of methoxy groups -OCH3 is 3. The van der Waals surface area contributed by atoms with E-state index < -0.39 is 0 Å². The van der Waals surface area contributed by atoms with Gasteiger partial charge in [0.2, 0.25) is 0 Å². The molecule has 0 N–H and O–H groups in total. The Kier molecular flexibility index (Phi) is 9.76. The number of rotatable bonds is 9. The predicted molar refractivity (Wildman–Crippen MR) is 106 cm³/mol. The van der Waals surface area contributed by atoms with Crippen LogP contribution >= 0.6 is 8.58 Å². The number of carbonyl (C=O) groups excluding carboxylic acids is 1. The first-order valence-corrected chi connectivity index (χ1v) is 8.85. The number of benzene rings is 2. The second kappa shape index (κ2) is 11.3. The quantitative estimate of drug-likeness (QED) is 0.387. The van der Waals surface area contributed by atoms with E-state index in [-0.39, 0.29) is 33.0 Å². The summed E-state index contributed by atoms with van der Waals surface area (Å²) in [5.74, 6) is 1.81. The van der Waals surface area contributed by atoms with Gasteiger partial charge in [0, 0.05) is 26.0 Å². The van der Waals surface area contributed by atoms with E-state index >= 15 is 0 Å². The van der Waals surface area contributed by atoms with Gasteiger partial charge < -0.3 is 18.9 Å². The largest absolute Gasteiger partial charge is 0.496 e. The van der Waals surface area contributed by atoms with E-state index in [1.807, 2.05) is 25.1 Å². The van der Waals surface area contributed by atoms with Crippen LogP contribution in [0.3, 0.4) is 0 Å². The van der Waals surface area contributed by atoms with Crippen molar-refractivity contribution in [3.05, 3.63) is 47.5 Å². The van der Waals surface area contributed by atoms with Gasteiger partial charge in [-0.25, -0.2) is 0 Å². The zero-order valence-electron chi connectivity index (χ0n) is 15.9. The van der Waals surface area contributed by atoms with Crippen molar-refractivity contribution >= 4 is 38.3 Å². The Bertz CT molecular complexity index is 714. The number of hydrogen-bond acceptors (Lipinski definition) is 5. The van der Waals surface area contributed by atoms with Crippen LogP contribution in [0.5, 0.6) is 17.2 Å². The second-order valence-corrected chi connectivity index (χ2v) is 6.55. The Morgan fingerprint density at radius 2 is 1.65 bits per heavy atom. The van der Waals surface area contributed by atoms with Gasteiger partial charge >= 0.3 is 0 Å². The van der Waals surface area contributed by atoms with Crippen molar-refractivity contribution in [1.82, 2.24) is 0 Å². The molecule has 0 fully saturated rings. The van der Waals surface area contributed by atoms with E-state index in [0.717, 1.165) is 16.6 Å². The molecule has 0 aliphatic carbocycles. The zero-order chi connectivity index (χ0) is 18.2. The minimum absolute atomic E-state index is 0. The van der Waals surface area contributed by atoms with Crippen molar-refractivity contribution in [3.8, 4) is 17.2 Å². The van der Waals surface area contributed by atoms with Crippen molar-refractivity contribution in [2.75, 3.05) is 34.5 Å². The number of ether oxygens (including phenoxy) is 4. The molecule has 0 saturated heterocycles. The topological polar surface area (TPSA) is 54.0 Å². The van der Waals surface area contributed by atoms with E-state index in [4.69, 9.17) is 18.9 Å². The predicted octanol–water partition coefficient (Wildman–Crippen LogP) is 2.80. The summed E-state index contributed by atoms with van der Waals surface area (Å²) < 4.78 is 21.2. The fraction of sp³-hybridized carbons (Fsp3) is 0.316. The van der Waals surface area contributed by atoms with Crippen LogP contribution in [0.4, 0.5) is 0 Å². The first-order valence-electron chi connectivity index (χ1n) is 7.85. The Balaban J connectivity index is 0.00000338. The van der Waals surface area contributed by atoms with Gasteiger partial charge in [-0.3, -0.25) is 4.79 Å². The molecule has 1 unspecified atom stereocenters. The molecule has 26 heavy (non-hydrogen) atoms. The van der Waals surface area contributed by atoms with Crippen LogP contribution in [0, 0.1) is 6.92 Å². The molecule has 1 radical (unpaired) electrons. The van der Waals surface area contributed by atoms with Gasteiger partial charge in [0.1, 0.15) is 29.4 Å². The third-order valence-corrected chi connectivity index (χ3v) is 4.96. The molecular formula is C19H23LiO5P. The van der Waals surface area contributed by atoms with Crippen LogP contribution < -0.4 is 19.5 Å². The summed E-state index contributed by atoms with van der Waals surface area (Å²) in [5.41, 5.74) is 1.46. The molecule has 0 heterocycles. The molecule has 135 valence electrons. The molecule has 0 spiro atoms. The van der Waals surface area contributed by atoms with E-state index in [1.165, 1.54) is 0 Å². The fourth-order valence-corrected chi connectivity index (χ4v) is 3.42. The molecule has 0 bridgehead atoms. The zero-order valence-corrected chi connectivity index (χ0v) is 16.9. The summed E-state index contributed by atoms with van der Waals surface area (Å²) in [7, 11) is 4.70. The van der Waals surface area contributed by atoms with Crippen molar-refractivity contribution in [3.63, 3.8) is 0 Å². The van der Waals surface area contributed by atoms with Crippen molar-refractivity contribution in [2.24, 2.45) is 0 Å². The SMILES string of the molecule is COCCOc1ccc(PC(=O)c2c(OC)cccc2OC)c(C)c1.[Li]. The molecular weight excluding hydrogens is 346 g/mol. The van der Waals surface area contributed by atoms with Gasteiger partial charge in [-0.05, 0) is 50.6 Å². The van der Waals surface area contributed by atoms with Gasteiger partial charge in [-0.15, -0.1) is 0 Å². The molecule has 2 aromatic carbocycles. The molecule has 0 aliphatic heterocycles. The van der Waals surface area contributed by atoms with E-state index in [2.05, 4.69) is 0 Å². The minimum Gasteiger partial charge on any atom is -0.496 e. The van der Waals surface area contributed by atoms with Gasteiger partial charge in [0.05, 0.1) is 20.8 Å². The van der Waals surface area contributed by atoms with Crippen LogP contribution in [-0.2, 0) is 4.74 Å². The average molecular weight is 369 g/mol. The standard InChI is InChI=1S/C19H23O5P.Li/c1-13-12-14(24-11-10-21-2)8-9-17(13)25-19(20)18-15(22-3)6-5-7-16(18)23-4;/h5-9,12,25H,10-11H2,1-4H3;. The van der Waals surface area contributed by atoms with Crippen molar-refractivity contribution < 1.29 is 23.7 Å². The van der Waals surface area contributed by atoms with Crippen molar-refractivity contribution in [2.45, 2.75) is 6.92 Å². The summed E-state index contributed by atoms with van der Waals surface area (Å²) in [6, 6.07) is 11.1. The molecule has 0 aromatic heterocycles. The number of aryl methyl sites for hydroxylation is 1. The summed E-state index contributed by atoms with van der Waals surface area (Å²) in [4.78, 5) is 12.8. The molecule has 0 saturated carbocycles. The van der Waals surface area contributed by atoms with Gasteiger partial charge in [0.25, 0.3) is 0 Å². The van der Waals surface area contributed by atoms with Crippen LogP contribution in [-0.4, -0.2) is 58.9 Å². The maximum Gasteiger partial charge on any atom is 0.193 e. The summed E-state index contributed by atoms with van der Waals surface area (Å²) in [5, 5.41) is 0.969. The third-order valence-electron chi connectivity index (χ3n) is 3.66. The maximum atomic E-state index is 12.8. The van der Waals surface area contributed by atoms with Crippen LogP contribution in [0.2, 0.25) is 0 Å². The molecule has 2 rings (SSSR count). The molecule has 5 nitrogen and oxygen atoms in total. The Morgan fingerprint density at radius 3 is 2.19 bits per heavy atom. The second-order valence-electron chi connectivity index (χ2n) is 5.31. The van der Waals surface area contributed by atoms with E-state index in [0.29, 0.717) is 30.3 Å². The van der Waals surface area contributed by atoms with Crippen molar-refractivity contribution in [1.29, 1.82) is 0 Å². The molecule has 2 aromatic rings. The van der Waals surface area contributed by atoms with E-state index in [1.54, 1.807) is 39.5 Å².